The van der Waals surface area contributed by atoms with Gasteiger partial charge in [-0.05, 0) is 29.7 Å². The van der Waals surface area contributed by atoms with Crippen molar-refractivity contribution in [1.29, 1.82) is 0 Å². The second kappa shape index (κ2) is 5.22. The van der Waals surface area contributed by atoms with Gasteiger partial charge in [0.2, 0.25) is 0 Å². The predicted octanol–water partition coefficient (Wildman–Crippen LogP) is 3.51. The van der Waals surface area contributed by atoms with Crippen LogP contribution in [-0.2, 0) is 17.3 Å². The first-order valence-electron chi connectivity index (χ1n) is 5.46. The first kappa shape index (κ1) is 11.3. The minimum atomic E-state index is 0.366. The van der Waals surface area contributed by atoms with E-state index >= 15 is 0 Å². The molecule has 0 aliphatic rings. The molecule has 2 aromatic carbocycles. The average Bonchev–Trinajstić information content (AvgIpc) is 2.31. The van der Waals surface area contributed by atoms with Crippen molar-refractivity contribution in [3.05, 3.63) is 65.7 Å². The molecule has 0 saturated carbocycles. The lowest BCUT2D eigenvalue weighted by Gasteiger charge is -2.02. The maximum absolute atomic E-state index is 2.26. The second-order valence-corrected chi connectivity index (χ2v) is 6.23. The molecule has 0 N–H and O–H groups in total. The van der Waals surface area contributed by atoms with Crippen molar-refractivity contribution in [3.63, 3.8) is 0 Å². The molecule has 2 rings (SSSR count). The minimum absolute atomic E-state index is 0.366. The molecule has 2 aromatic rings. The van der Waals surface area contributed by atoms with Gasteiger partial charge in [0, 0.05) is 10.9 Å². The van der Waals surface area contributed by atoms with Crippen LogP contribution in [-0.4, -0.2) is 12.5 Å². The van der Waals surface area contributed by atoms with Crippen molar-refractivity contribution >= 4 is 10.9 Å². The Morgan fingerprint density at radius 2 is 1.31 bits per heavy atom. The highest BCUT2D eigenvalue weighted by Crippen LogP contribution is 2.13. The predicted molar refractivity (Wildman–Crippen MR) is 73.2 cm³/mol. The number of rotatable bonds is 3. The molecular weight excluding hydrogens is 212 g/mol. The molecule has 0 spiro atoms. The van der Waals surface area contributed by atoms with Gasteiger partial charge in [-0.15, -0.1) is 0 Å². The van der Waals surface area contributed by atoms with Gasteiger partial charge in [0.05, 0.1) is 0 Å². The molecule has 16 heavy (non-hydrogen) atoms. The average molecular weight is 229 g/mol. The molecular formula is C15H17S+. The Hall–Kier alpha value is -1.21. The zero-order valence-electron chi connectivity index (χ0n) is 9.81. The number of hydrogen-bond acceptors (Lipinski definition) is 0. The van der Waals surface area contributed by atoms with Crippen LogP contribution in [0.25, 0.3) is 0 Å². The van der Waals surface area contributed by atoms with Gasteiger partial charge < -0.3 is 0 Å². The molecule has 0 nitrogen and oxygen atoms in total. The molecule has 0 bridgehead atoms. The molecule has 0 radical (unpaired) electrons. The van der Waals surface area contributed by atoms with Gasteiger partial charge in [-0.2, -0.15) is 0 Å². The van der Waals surface area contributed by atoms with Crippen molar-refractivity contribution in [2.75, 3.05) is 12.5 Å². The Bertz CT molecular complexity index is 429. The fraction of sp³-hybridized carbons (Fsp3) is 0.200. The maximum Gasteiger partial charge on any atom is 0.154 e. The molecule has 82 valence electrons. The monoisotopic (exact) mass is 229 g/mol. The summed E-state index contributed by atoms with van der Waals surface area (Å²) < 4.78 is 0. The number of hydrogen-bond donors (Lipinski definition) is 0. The van der Waals surface area contributed by atoms with Crippen LogP contribution >= 0.6 is 0 Å². The van der Waals surface area contributed by atoms with E-state index in [0.29, 0.717) is 10.9 Å². The zero-order chi connectivity index (χ0) is 11.4. The lowest BCUT2D eigenvalue weighted by molar-refractivity contribution is 1.18. The summed E-state index contributed by atoms with van der Waals surface area (Å²) in [5, 5.41) is 0. The van der Waals surface area contributed by atoms with Gasteiger partial charge in [-0.1, -0.05) is 42.5 Å². The molecule has 0 amide bonds. The third-order valence-corrected chi connectivity index (χ3v) is 3.86. The van der Waals surface area contributed by atoms with Gasteiger partial charge in [0.15, 0.2) is 4.90 Å². The van der Waals surface area contributed by atoms with Crippen LogP contribution in [0.15, 0.2) is 59.5 Å². The third-order valence-electron chi connectivity index (χ3n) is 2.65. The van der Waals surface area contributed by atoms with Gasteiger partial charge in [-0.3, -0.25) is 0 Å². The quantitative estimate of drug-likeness (QED) is 0.707. The Morgan fingerprint density at radius 1 is 0.750 bits per heavy atom. The van der Waals surface area contributed by atoms with E-state index in [1.165, 1.54) is 16.0 Å². The molecule has 0 aromatic heterocycles. The molecule has 0 aliphatic carbocycles. The van der Waals surface area contributed by atoms with E-state index in [1.54, 1.807) is 0 Å². The largest absolute Gasteiger partial charge is 0.154 e. The van der Waals surface area contributed by atoms with E-state index in [9.17, 15) is 0 Å². The molecule has 0 saturated heterocycles. The van der Waals surface area contributed by atoms with E-state index in [0.717, 1.165) is 6.42 Å². The van der Waals surface area contributed by atoms with Crippen LogP contribution in [0.1, 0.15) is 11.1 Å². The SMILES string of the molecule is C[S+](C)c1ccc(Cc2ccccc2)cc1. The number of benzene rings is 2. The molecule has 0 heterocycles. The van der Waals surface area contributed by atoms with Gasteiger partial charge >= 0.3 is 0 Å². The van der Waals surface area contributed by atoms with Crippen molar-refractivity contribution < 1.29 is 0 Å². The highest BCUT2D eigenvalue weighted by atomic mass is 32.2. The summed E-state index contributed by atoms with van der Waals surface area (Å²) >= 11 is 0. The minimum Gasteiger partial charge on any atom is -0.0622 e. The van der Waals surface area contributed by atoms with Crippen molar-refractivity contribution in [2.24, 2.45) is 0 Å². The Labute approximate surface area is 101 Å². The molecule has 0 unspecified atom stereocenters. The van der Waals surface area contributed by atoms with E-state index < -0.39 is 0 Å². The summed E-state index contributed by atoms with van der Waals surface area (Å²) in [5.41, 5.74) is 2.77. The van der Waals surface area contributed by atoms with E-state index in [1.807, 2.05) is 0 Å². The second-order valence-electron chi connectivity index (χ2n) is 4.12. The molecule has 0 atom stereocenters. The summed E-state index contributed by atoms with van der Waals surface area (Å²) in [6.07, 6.45) is 5.54. The summed E-state index contributed by atoms with van der Waals surface area (Å²) in [6, 6.07) is 19.6. The van der Waals surface area contributed by atoms with E-state index in [4.69, 9.17) is 0 Å². The van der Waals surface area contributed by atoms with Gasteiger partial charge in [0.1, 0.15) is 12.5 Å². The summed E-state index contributed by atoms with van der Waals surface area (Å²) in [6.45, 7) is 0. The standard InChI is InChI=1S/C15H17S/c1-16(2)15-10-8-14(9-11-15)12-13-6-4-3-5-7-13/h3-11H,12H2,1-2H3/q+1. The Kier molecular flexibility index (Phi) is 3.68. The van der Waals surface area contributed by atoms with E-state index in [2.05, 4.69) is 67.1 Å². The fourth-order valence-electron chi connectivity index (χ4n) is 1.71. The Balaban J connectivity index is 2.11. The fourth-order valence-corrected chi connectivity index (χ4v) is 2.39. The highest BCUT2D eigenvalue weighted by Gasteiger charge is 2.06. The first-order chi connectivity index (χ1) is 7.75. The highest BCUT2D eigenvalue weighted by molar-refractivity contribution is 7.95. The third kappa shape index (κ3) is 2.89. The van der Waals surface area contributed by atoms with E-state index in [-0.39, 0.29) is 0 Å². The smallest absolute Gasteiger partial charge is 0.0622 e. The normalized spacial score (nSPS) is 10.7. The summed E-state index contributed by atoms with van der Waals surface area (Å²) in [5.74, 6) is 0. The van der Waals surface area contributed by atoms with Crippen LogP contribution in [0.4, 0.5) is 0 Å². The lowest BCUT2D eigenvalue weighted by atomic mass is 10.1. The Morgan fingerprint density at radius 3 is 1.88 bits per heavy atom. The van der Waals surface area contributed by atoms with Crippen molar-refractivity contribution in [3.8, 4) is 0 Å². The molecule has 1 heteroatoms. The summed E-state index contributed by atoms with van der Waals surface area (Å²) in [7, 11) is 0.366. The van der Waals surface area contributed by atoms with Crippen LogP contribution in [0, 0.1) is 0 Å². The van der Waals surface area contributed by atoms with Crippen LogP contribution < -0.4 is 0 Å². The van der Waals surface area contributed by atoms with Crippen LogP contribution in [0.5, 0.6) is 0 Å². The summed E-state index contributed by atoms with van der Waals surface area (Å²) in [4.78, 5) is 1.44. The maximum atomic E-state index is 2.26. The molecule has 0 aliphatic heterocycles. The van der Waals surface area contributed by atoms with Gasteiger partial charge in [0.25, 0.3) is 0 Å². The zero-order valence-corrected chi connectivity index (χ0v) is 10.6. The van der Waals surface area contributed by atoms with Crippen LogP contribution in [0.3, 0.4) is 0 Å². The first-order valence-corrected chi connectivity index (χ1v) is 7.50. The van der Waals surface area contributed by atoms with Crippen molar-refractivity contribution in [1.82, 2.24) is 0 Å². The van der Waals surface area contributed by atoms with Crippen LogP contribution in [0.2, 0.25) is 0 Å². The lowest BCUT2D eigenvalue weighted by Crippen LogP contribution is -1.96. The van der Waals surface area contributed by atoms with Gasteiger partial charge in [-0.25, -0.2) is 0 Å². The topological polar surface area (TPSA) is 0 Å². The molecule has 0 fully saturated rings. The van der Waals surface area contributed by atoms with Crippen molar-refractivity contribution in [2.45, 2.75) is 11.3 Å².